The highest BCUT2D eigenvalue weighted by molar-refractivity contribution is 9.11. The SMILES string of the molecule is CCOP(=O)(CC(=O)N1CCC(C2c3ncc(Br)cc3CCc3cc(Cl)cc(Br)c32)CC1)OCC.CCOP(=O)(CC(=O)O)OCC.Clc1cc(Br)c2c(c1)CCc1cc(Br)cnc1C2C1CCNCC1. The molecule has 2 saturated heterocycles. The number of aromatic nitrogens is 2. The van der Waals surface area contributed by atoms with E-state index in [0.717, 1.165) is 85.2 Å². The third-order valence-corrected chi connectivity index (χ3v) is 19.6. The Hall–Kier alpha value is -1.56. The molecule has 0 bridgehead atoms. The van der Waals surface area contributed by atoms with Gasteiger partial charge in [0, 0.05) is 65.3 Å². The van der Waals surface area contributed by atoms with Crippen molar-refractivity contribution in [2.75, 3.05) is 64.9 Å². The second-order valence-electron chi connectivity index (χ2n) is 17.7. The normalized spacial score (nSPS) is 18.3. The van der Waals surface area contributed by atoms with Crippen LogP contribution in [0.25, 0.3) is 0 Å². The maximum atomic E-state index is 13.0. The average Bonchev–Trinajstić information content (AvgIpc) is 3.57. The van der Waals surface area contributed by atoms with Gasteiger partial charge in [0.25, 0.3) is 0 Å². The van der Waals surface area contributed by atoms with Crippen LogP contribution in [0.4, 0.5) is 0 Å². The van der Waals surface area contributed by atoms with Crippen LogP contribution in [-0.4, -0.2) is 96.8 Å². The summed E-state index contributed by atoms with van der Waals surface area (Å²) in [4.78, 5) is 34.8. The minimum Gasteiger partial charge on any atom is -0.481 e. The predicted octanol–water partition coefficient (Wildman–Crippen LogP) is 13.8. The van der Waals surface area contributed by atoms with E-state index in [-0.39, 0.29) is 44.4 Å². The van der Waals surface area contributed by atoms with Crippen molar-refractivity contribution in [3.8, 4) is 0 Å². The Labute approximate surface area is 461 Å². The van der Waals surface area contributed by atoms with Gasteiger partial charge in [-0.1, -0.05) is 55.1 Å². The summed E-state index contributed by atoms with van der Waals surface area (Å²) in [5.74, 6) is 0.0294. The summed E-state index contributed by atoms with van der Waals surface area (Å²) >= 11 is 27.5. The number of fused-ring (bicyclic) bond motifs is 4. The minimum absolute atomic E-state index is 0.109. The molecular formula is C50H62Br4Cl2N4O9P2. The molecule has 2 atom stereocenters. The lowest BCUT2D eigenvalue weighted by atomic mass is 9.76. The average molecular weight is 1320 g/mol. The first-order valence-electron chi connectivity index (χ1n) is 24.1. The molecule has 4 heterocycles. The molecule has 8 rings (SSSR count). The summed E-state index contributed by atoms with van der Waals surface area (Å²) in [5, 5.41) is 13.4. The highest BCUT2D eigenvalue weighted by Gasteiger charge is 2.39. The van der Waals surface area contributed by atoms with Crippen molar-refractivity contribution in [1.29, 1.82) is 0 Å². The van der Waals surface area contributed by atoms with E-state index in [0.29, 0.717) is 30.8 Å². The number of hydrogen-bond donors (Lipinski definition) is 2. The van der Waals surface area contributed by atoms with Gasteiger partial charge in [-0.2, -0.15) is 0 Å². The molecule has 388 valence electrons. The van der Waals surface area contributed by atoms with Gasteiger partial charge in [0.2, 0.25) is 5.91 Å². The number of hydrogen-bond acceptors (Lipinski definition) is 11. The van der Waals surface area contributed by atoms with Crippen LogP contribution in [0.1, 0.15) is 110 Å². The molecule has 0 saturated carbocycles. The molecule has 2 N–H and O–H groups in total. The number of nitrogens with zero attached hydrogens (tertiary/aromatic N) is 3. The number of piperidine rings is 2. The molecule has 1 amide bonds. The zero-order valence-corrected chi connectivity index (χ0v) is 50.0. The van der Waals surface area contributed by atoms with E-state index in [9.17, 15) is 18.7 Å². The number of benzene rings is 2. The summed E-state index contributed by atoms with van der Waals surface area (Å²) in [7, 11) is -6.79. The number of carbonyl (C=O) groups excluding carboxylic acids is 1. The number of carboxylic acid groups (broad SMARTS) is 1. The summed E-state index contributed by atoms with van der Waals surface area (Å²) in [6.45, 7) is 11.0. The fraction of sp³-hybridized carbons (Fsp3) is 0.520. The molecule has 2 aromatic heterocycles. The summed E-state index contributed by atoms with van der Waals surface area (Å²) in [6.07, 6.45) is 10.9. The standard InChI is InChI=1S/C25H30Br2ClN2O4P.C19H19Br2ClN2.C6H13O5P/c1-3-33-35(32,34-4-2)15-22(31)30-9-7-16(8-10-30)24-23-17(12-20(28)13-21(23)27)5-6-18-11-19(26)14-29-25(18)24;20-14-7-13-2-1-12-8-15(22)9-16(21)17(12)18(19(13)24-10-14)11-3-5-23-6-4-11;1-3-10-12(9,11-4-2)5-6(7)8/h11-14,16,24H,3-10,15H2,1-2H3;7-11,18,23H,1-6H2;3-5H2,1-2H3,(H,7,8). The molecule has 2 fully saturated rings. The summed E-state index contributed by atoms with van der Waals surface area (Å²) in [6, 6.07) is 12.7. The van der Waals surface area contributed by atoms with Crippen LogP contribution in [0, 0.1) is 11.8 Å². The van der Waals surface area contributed by atoms with E-state index in [2.05, 4.69) is 93.3 Å². The Kier molecular flexibility index (Phi) is 22.7. The summed E-state index contributed by atoms with van der Waals surface area (Å²) in [5.41, 5.74) is 10.3. The third-order valence-electron chi connectivity index (χ3n) is 13.0. The molecule has 2 unspecified atom stereocenters. The van der Waals surface area contributed by atoms with Crippen molar-refractivity contribution in [3.63, 3.8) is 0 Å². The van der Waals surface area contributed by atoms with E-state index in [1.54, 1.807) is 32.6 Å². The van der Waals surface area contributed by atoms with Crippen molar-refractivity contribution in [2.45, 2.75) is 90.9 Å². The number of aliphatic carboxylic acids is 1. The van der Waals surface area contributed by atoms with E-state index in [1.807, 2.05) is 24.5 Å². The number of rotatable bonds is 14. The number of likely N-dealkylation sites (tertiary alicyclic amines) is 1. The number of nitrogens with one attached hydrogen (secondary N) is 1. The first-order chi connectivity index (χ1) is 33.9. The van der Waals surface area contributed by atoms with Gasteiger partial charge in [-0.3, -0.25) is 28.7 Å². The van der Waals surface area contributed by atoms with Crippen LogP contribution in [0.5, 0.6) is 0 Å². The topological polar surface area (TPSA) is 166 Å². The van der Waals surface area contributed by atoms with Gasteiger partial charge >= 0.3 is 21.2 Å². The van der Waals surface area contributed by atoms with Gasteiger partial charge in [0.1, 0.15) is 12.3 Å². The van der Waals surface area contributed by atoms with E-state index in [4.69, 9.17) is 56.4 Å². The highest BCUT2D eigenvalue weighted by Crippen LogP contribution is 2.51. The number of carboxylic acids is 1. The lowest BCUT2D eigenvalue weighted by Gasteiger charge is -2.37. The second kappa shape index (κ2) is 27.5. The number of pyridine rings is 2. The van der Waals surface area contributed by atoms with Gasteiger partial charge in [0.05, 0.1) is 37.8 Å². The fourth-order valence-corrected chi connectivity index (χ4v) is 16.1. The first kappa shape index (κ1) is 58.7. The lowest BCUT2D eigenvalue weighted by Crippen LogP contribution is -2.41. The molecule has 4 aromatic rings. The van der Waals surface area contributed by atoms with Crippen molar-refractivity contribution in [1.82, 2.24) is 20.2 Å². The van der Waals surface area contributed by atoms with Crippen LogP contribution >= 0.6 is 102 Å². The van der Waals surface area contributed by atoms with Crippen molar-refractivity contribution in [3.05, 3.63) is 121 Å². The Balaban J connectivity index is 0.000000197. The molecule has 71 heavy (non-hydrogen) atoms. The van der Waals surface area contributed by atoms with Gasteiger partial charge < -0.3 is 33.4 Å². The molecule has 0 spiro atoms. The maximum absolute atomic E-state index is 13.0. The molecule has 2 aromatic carbocycles. The zero-order chi connectivity index (χ0) is 51.5. The third kappa shape index (κ3) is 15.8. The number of halogens is 6. The van der Waals surface area contributed by atoms with Crippen LogP contribution in [0.2, 0.25) is 10.0 Å². The first-order valence-corrected chi connectivity index (χ1v) is 31.5. The van der Waals surface area contributed by atoms with Gasteiger partial charge in [-0.25, -0.2) is 0 Å². The number of carbonyl (C=O) groups is 2. The number of aryl methyl sites for hydroxylation is 4. The monoisotopic (exact) mass is 1310 g/mol. The maximum Gasteiger partial charge on any atom is 0.341 e. The Bertz CT molecular complexity index is 2580. The zero-order valence-electron chi connectivity index (χ0n) is 40.4. The van der Waals surface area contributed by atoms with Crippen LogP contribution in [0.15, 0.2) is 66.7 Å². The molecule has 2 aliphatic carbocycles. The molecule has 21 heteroatoms. The largest absolute Gasteiger partial charge is 0.481 e. The highest BCUT2D eigenvalue weighted by atomic mass is 79.9. The smallest absolute Gasteiger partial charge is 0.341 e. The predicted molar refractivity (Wildman–Crippen MR) is 295 cm³/mol. The minimum atomic E-state index is -3.42. The Morgan fingerprint density at radius 1 is 0.634 bits per heavy atom. The van der Waals surface area contributed by atoms with E-state index in [1.165, 1.54) is 51.9 Å². The molecule has 2 aliphatic heterocycles. The Morgan fingerprint density at radius 3 is 1.44 bits per heavy atom. The van der Waals surface area contributed by atoms with Crippen molar-refractivity contribution in [2.24, 2.45) is 11.8 Å². The number of amides is 1. The lowest BCUT2D eigenvalue weighted by molar-refractivity contribution is -0.134. The summed E-state index contributed by atoms with van der Waals surface area (Å²) < 4.78 is 48.6. The van der Waals surface area contributed by atoms with Gasteiger partial charge in [0.15, 0.2) is 0 Å². The van der Waals surface area contributed by atoms with Crippen LogP contribution < -0.4 is 5.32 Å². The van der Waals surface area contributed by atoms with Crippen molar-refractivity contribution >= 4 is 114 Å². The second-order valence-corrected chi connectivity index (χ2v) is 26.2. The quantitative estimate of drug-likeness (QED) is 0.115. The van der Waals surface area contributed by atoms with E-state index >= 15 is 0 Å². The van der Waals surface area contributed by atoms with Gasteiger partial charge in [-0.05, 0) is 206 Å². The Morgan fingerprint density at radius 2 is 1.03 bits per heavy atom. The van der Waals surface area contributed by atoms with Crippen LogP contribution in [-0.2, 0) is 62.5 Å². The van der Waals surface area contributed by atoms with Crippen LogP contribution in [0.3, 0.4) is 0 Å². The fourth-order valence-electron chi connectivity index (χ4n) is 10.2. The van der Waals surface area contributed by atoms with Gasteiger partial charge in [-0.15, -0.1) is 0 Å². The molecular weight excluding hydrogens is 1250 g/mol. The molecule has 13 nitrogen and oxygen atoms in total. The van der Waals surface area contributed by atoms with E-state index < -0.39 is 27.3 Å². The molecule has 4 aliphatic rings. The van der Waals surface area contributed by atoms with Crippen molar-refractivity contribution < 1.29 is 41.9 Å². The molecule has 0 radical (unpaired) electrons.